The average molecular weight is 220 g/mol. The van der Waals surface area contributed by atoms with Gasteiger partial charge in [0.1, 0.15) is 11.4 Å². The maximum absolute atomic E-state index is 6.08. The molecule has 16 heavy (non-hydrogen) atoms. The maximum atomic E-state index is 6.08. The van der Waals surface area contributed by atoms with Crippen molar-refractivity contribution in [2.24, 2.45) is 0 Å². The van der Waals surface area contributed by atoms with Crippen LogP contribution in [0, 0.1) is 34.6 Å². The van der Waals surface area contributed by atoms with Crippen LogP contribution < -0.4 is 4.74 Å². The van der Waals surface area contributed by atoms with Gasteiger partial charge in [0, 0.05) is 0 Å². The van der Waals surface area contributed by atoms with Crippen LogP contribution >= 0.6 is 0 Å². The minimum Gasteiger partial charge on any atom is -0.488 e. The van der Waals surface area contributed by atoms with Crippen LogP contribution in [0.1, 0.15) is 48.6 Å². The Kier molecular flexibility index (Phi) is 3.37. The summed E-state index contributed by atoms with van der Waals surface area (Å²) in [6.45, 7) is 17.1. The van der Waals surface area contributed by atoms with E-state index in [1.807, 2.05) is 0 Å². The number of hydrogen-bond acceptors (Lipinski definition) is 1. The van der Waals surface area contributed by atoms with E-state index in [2.05, 4.69) is 55.4 Å². The van der Waals surface area contributed by atoms with E-state index < -0.39 is 0 Å². The van der Waals surface area contributed by atoms with Crippen LogP contribution in [0.2, 0.25) is 0 Å². The van der Waals surface area contributed by atoms with Crippen LogP contribution in [-0.4, -0.2) is 5.60 Å². The van der Waals surface area contributed by atoms with Crippen molar-refractivity contribution in [2.45, 2.75) is 61.0 Å². The van der Waals surface area contributed by atoms with Gasteiger partial charge in [0.15, 0.2) is 0 Å². The average Bonchev–Trinajstić information content (AvgIpc) is 2.17. The molecule has 0 fully saturated rings. The lowest BCUT2D eigenvalue weighted by Crippen LogP contribution is -2.24. The molecule has 0 atom stereocenters. The Morgan fingerprint density at radius 1 is 0.625 bits per heavy atom. The van der Waals surface area contributed by atoms with Gasteiger partial charge in [0.25, 0.3) is 0 Å². The van der Waals surface area contributed by atoms with E-state index >= 15 is 0 Å². The van der Waals surface area contributed by atoms with Crippen molar-refractivity contribution in [3.8, 4) is 5.75 Å². The van der Waals surface area contributed by atoms with Gasteiger partial charge in [-0.1, -0.05) is 0 Å². The van der Waals surface area contributed by atoms with Crippen LogP contribution in [0.15, 0.2) is 0 Å². The van der Waals surface area contributed by atoms with Crippen LogP contribution in [0.3, 0.4) is 0 Å². The first-order valence-corrected chi connectivity index (χ1v) is 5.91. The normalized spacial score (nSPS) is 11.8. The summed E-state index contributed by atoms with van der Waals surface area (Å²) in [6, 6.07) is 0. The van der Waals surface area contributed by atoms with Gasteiger partial charge in [-0.15, -0.1) is 0 Å². The van der Waals surface area contributed by atoms with E-state index in [4.69, 9.17) is 4.74 Å². The second-order valence-corrected chi connectivity index (χ2v) is 5.67. The van der Waals surface area contributed by atoms with Crippen molar-refractivity contribution in [1.29, 1.82) is 0 Å². The van der Waals surface area contributed by atoms with Crippen molar-refractivity contribution >= 4 is 0 Å². The quantitative estimate of drug-likeness (QED) is 0.681. The van der Waals surface area contributed by atoms with E-state index in [9.17, 15) is 0 Å². The molecule has 1 heteroatoms. The number of ether oxygens (including phenoxy) is 1. The minimum atomic E-state index is -0.135. The molecule has 0 spiro atoms. The lowest BCUT2D eigenvalue weighted by atomic mass is 9.94. The van der Waals surface area contributed by atoms with Crippen molar-refractivity contribution in [1.82, 2.24) is 0 Å². The molecule has 0 bridgehead atoms. The third kappa shape index (κ3) is 2.40. The first-order chi connectivity index (χ1) is 7.15. The van der Waals surface area contributed by atoms with Crippen LogP contribution in [0.4, 0.5) is 0 Å². The van der Waals surface area contributed by atoms with Crippen molar-refractivity contribution in [2.75, 3.05) is 0 Å². The zero-order valence-electron chi connectivity index (χ0n) is 11.9. The lowest BCUT2D eigenvalue weighted by molar-refractivity contribution is 0.128. The molecule has 90 valence electrons. The van der Waals surface area contributed by atoms with E-state index in [0.717, 1.165) is 5.75 Å². The van der Waals surface area contributed by atoms with Crippen molar-refractivity contribution in [3.05, 3.63) is 27.8 Å². The monoisotopic (exact) mass is 220 g/mol. The Morgan fingerprint density at radius 2 is 0.938 bits per heavy atom. The summed E-state index contributed by atoms with van der Waals surface area (Å²) in [5.74, 6) is 1.06. The summed E-state index contributed by atoms with van der Waals surface area (Å²) in [6.07, 6.45) is 0. The molecule has 0 radical (unpaired) electrons. The van der Waals surface area contributed by atoms with E-state index in [0.29, 0.717) is 0 Å². The molecule has 0 aliphatic carbocycles. The van der Waals surface area contributed by atoms with Crippen molar-refractivity contribution < 1.29 is 4.74 Å². The Labute approximate surface area is 99.8 Å². The summed E-state index contributed by atoms with van der Waals surface area (Å²) in [5, 5.41) is 0. The van der Waals surface area contributed by atoms with Gasteiger partial charge in [-0.05, 0) is 83.2 Å². The molecule has 0 unspecified atom stereocenters. The van der Waals surface area contributed by atoms with Gasteiger partial charge >= 0.3 is 0 Å². The van der Waals surface area contributed by atoms with Gasteiger partial charge in [-0.3, -0.25) is 0 Å². The zero-order valence-corrected chi connectivity index (χ0v) is 11.9. The largest absolute Gasteiger partial charge is 0.488 e. The Balaban J connectivity index is 3.40. The summed E-state index contributed by atoms with van der Waals surface area (Å²) in [7, 11) is 0. The lowest BCUT2D eigenvalue weighted by Gasteiger charge is -2.26. The van der Waals surface area contributed by atoms with E-state index in [1.54, 1.807) is 0 Å². The molecule has 0 saturated heterocycles. The fraction of sp³-hybridized carbons (Fsp3) is 0.600. The van der Waals surface area contributed by atoms with Crippen molar-refractivity contribution in [3.63, 3.8) is 0 Å². The molecular formula is C15H24O. The van der Waals surface area contributed by atoms with Crippen LogP contribution in [-0.2, 0) is 0 Å². The molecular weight excluding hydrogens is 196 g/mol. The molecule has 1 aromatic rings. The summed E-state index contributed by atoms with van der Waals surface area (Å²) in [4.78, 5) is 0. The molecule has 0 N–H and O–H groups in total. The first kappa shape index (κ1) is 13.1. The Bertz CT molecular complexity index is 379. The second-order valence-electron chi connectivity index (χ2n) is 5.67. The number of benzene rings is 1. The van der Waals surface area contributed by atoms with Gasteiger partial charge < -0.3 is 4.74 Å². The van der Waals surface area contributed by atoms with Crippen LogP contribution in [0.5, 0.6) is 5.75 Å². The summed E-state index contributed by atoms with van der Waals surface area (Å²) >= 11 is 0. The van der Waals surface area contributed by atoms with E-state index in [1.165, 1.54) is 27.8 Å². The van der Waals surface area contributed by atoms with Gasteiger partial charge in [0.2, 0.25) is 0 Å². The summed E-state index contributed by atoms with van der Waals surface area (Å²) in [5.41, 5.74) is 6.50. The third-order valence-electron chi connectivity index (χ3n) is 3.34. The molecule has 1 nitrogen and oxygen atoms in total. The first-order valence-electron chi connectivity index (χ1n) is 5.91. The fourth-order valence-corrected chi connectivity index (χ4v) is 1.92. The Morgan fingerprint density at radius 3 is 1.25 bits per heavy atom. The third-order valence-corrected chi connectivity index (χ3v) is 3.34. The molecule has 1 rings (SSSR count). The molecule has 0 saturated carbocycles. The number of hydrogen-bond donors (Lipinski definition) is 0. The van der Waals surface area contributed by atoms with Gasteiger partial charge in [-0.25, -0.2) is 0 Å². The second kappa shape index (κ2) is 4.12. The van der Waals surface area contributed by atoms with Gasteiger partial charge in [0.05, 0.1) is 0 Å². The highest BCUT2D eigenvalue weighted by molar-refractivity contribution is 5.53. The molecule has 0 heterocycles. The fourth-order valence-electron chi connectivity index (χ4n) is 1.92. The van der Waals surface area contributed by atoms with Crippen LogP contribution in [0.25, 0.3) is 0 Å². The highest BCUT2D eigenvalue weighted by Gasteiger charge is 2.18. The highest BCUT2D eigenvalue weighted by atomic mass is 16.5. The smallest absolute Gasteiger partial charge is 0.126 e. The molecule has 0 aromatic heterocycles. The molecule has 1 aromatic carbocycles. The molecule has 0 amide bonds. The number of rotatable bonds is 1. The Hall–Kier alpha value is -0.980. The van der Waals surface area contributed by atoms with Gasteiger partial charge in [-0.2, -0.15) is 0 Å². The minimum absolute atomic E-state index is 0.135. The molecule has 0 aliphatic rings. The highest BCUT2D eigenvalue weighted by Crippen LogP contribution is 2.34. The zero-order chi connectivity index (χ0) is 12.7. The standard InChI is InChI=1S/C15H24O/c1-9-10(2)12(4)14(13(5)11(9)3)16-15(6,7)8/h1-8H3. The van der Waals surface area contributed by atoms with E-state index in [-0.39, 0.29) is 5.60 Å². The predicted molar refractivity (Wildman–Crippen MR) is 70.5 cm³/mol. The SMILES string of the molecule is Cc1c(C)c(C)c(OC(C)(C)C)c(C)c1C. The molecule has 0 aliphatic heterocycles. The topological polar surface area (TPSA) is 9.23 Å². The predicted octanol–water partition coefficient (Wildman–Crippen LogP) is 4.41. The maximum Gasteiger partial charge on any atom is 0.126 e. The summed E-state index contributed by atoms with van der Waals surface area (Å²) < 4.78 is 6.08.